The molecule has 1 amide bonds. The Balaban J connectivity index is 1.56. The van der Waals surface area contributed by atoms with Crippen molar-refractivity contribution < 1.29 is 9.53 Å². The van der Waals surface area contributed by atoms with E-state index in [0.717, 1.165) is 17.1 Å². The van der Waals surface area contributed by atoms with Gasteiger partial charge in [0.2, 0.25) is 5.91 Å². The van der Waals surface area contributed by atoms with Crippen LogP contribution >= 0.6 is 11.8 Å². The molecule has 0 aliphatic heterocycles. The topological polar surface area (TPSA) is 60.2 Å². The van der Waals surface area contributed by atoms with Crippen molar-refractivity contribution in [2.45, 2.75) is 38.6 Å². The number of hydrogen-bond acceptors (Lipinski definition) is 5. The Morgan fingerprint density at radius 3 is 2.24 bits per heavy atom. The maximum absolute atomic E-state index is 13.2. The minimum Gasteiger partial charge on any atom is -0.486 e. The van der Waals surface area contributed by atoms with Crippen LogP contribution in [0.15, 0.2) is 90.1 Å². The van der Waals surface area contributed by atoms with E-state index in [1.807, 2.05) is 115 Å². The number of carbonyl (C=O) groups is 1. The first kappa shape index (κ1) is 23.6. The molecule has 0 saturated carbocycles. The average molecular weight is 473 g/mol. The van der Waals surface area contributed by atoms with Crippen molar-refractivity contribution in [3.05, 3.63) is 96.3 Å². The molecular weight excluding hydrogens is 444 g/mol. The van der Waals surface area contributed by atoms with Gasteiger partial charge in [-0.2, -0.15) is 0 Å². The van der Waals surface area contributed by atoms with Crippen molar-refractivity contribution in [2.75, 3.05) is 10.7 Å². The molecule has 4 aromatic rings. The van der Waals surface area contributed by atoms with Crippen LogP contribution in [0.4, 0.5) is 5.69 Å². The number of carbonyl (C=O) groups excluding carboxylic acids is 1. The van der Waals surface area contributed by atoms with Crippen LogP contribution < -0.4 is 9.64 Å². The van der Waals surface area contributed by atoms with E-state index in [4.69, 9.17) is 4.74 Å². The summed E-state index contributed by atoms with van der Waals surface area (Å²) >= 11 is 1.38. The number of amides is 1. The van der Waals surface area contributed by atoms with Crippen LogP contribution in [0.2, 0.25) is 0 Å². The number of anilines is 1. The second-order valence-electron chi connectivity index (χ2n) is 8.15. The fourth-order valence-electron chi connectivity index (χ4n) is 3.62. The third-order valence-corrected chi connectivity index (χ3v) is 6.16. The van der Waals surface area contributed by atoms with Crippen LogP contribution in [-0.2, 0) is 11.4 Å². The highest BCUT2D eigenvalue weighted by atomic mass is 32.2. The number of nitrogens with zero attached hydrogens (tertiary/aromatic N) is 4. The number of hydrogen-bond donors (Lipinski definition) is 0. The van der Waals surface area contributed by atoms with E-state index in [2.05, 4.69) is 10.2 Å². The van der Waals surface area contributed by atoms with Gasteiger partial charge < -0.3 is 9.64 Å². The smallest absolute Gasteiger partial charge is 0.237 e. The fraction of sp³-hybridized carbons (Fsp3) is 0.222. The lowest BCUT2D eigenvalue weighted by atomic mass is 10.2. The number of aryl methyl sites for hydroxylation is 1. The summed E-state index contributed by atoms with van der Waals surface area (Å²) in [6.45, 7) is 6.35. The standard InChI is InChI=1S/C27H28N4O2S/c1-20(2)30(22-10-6-4-7-11-22)26(32)19-34-27-29-28-25(18-33-24-12-8-5-9-13-24)31(27)23-16-14-21(3)15-17-23/h4-17,20H,18-19H2,1-3H3. The van der Waals surface area contributed by atoms with E-state index >= 15 is 0 Å². The minimum atomic E-state index is 0.0201. The van der Waals surface area contributed by atoms with Gasteiger partial charge in [0.1, 0.15) is 12.4 Å². The average Bonchev–Trinajstić information content (AvgIpc) is 3.26. The van der Waals surface area contributed by atoms with Gasteiger partial charge in [0.05, 0.1) is 5.75 Å². The molecule has 0 spiro atoms. The Morgan fingerprint density at radius 1 is 0.941 bits per heavy atom. The van der Waals surface area contributed by atoms with Gasteiger partial charge in [0.15, 0.2) is 11.0 Å². The molecule has 0 fully saturated rings. The number of thioether (sulfide) groups is 1. The quantitative estimate of drug-likeness (QED) is 0.293. The Labute approximate surface area is 204 Å². The lowest BCUT2D eigenvalue weighted by Gasteiger charge is -2.26. The first-order valence-corrected chi connectivity index (χ1v) is 12.2. The first-order chi connectivity index (χ1) is 16.5. The number of para-hydroxylation sites is 2. The summed E-state index contributed by atoms with van der Waals surface area (Å²) < 4.78 is 7.90. The maximum atomic E-state index is 13.2. The number of rotatable bonds is 9. The van der Waals surface area contributed by atoms with Gasteiger partial charge in [-0.3, -0.25) is 9.36 Å². The van der Waals surface area contributed by atoms with Crippen molar-refractivity contribution >= 4 is 23.4 Å². The Hall–Kier alpha value is -3.58. The molecule has 0 aliphatic rings. The van der Waals surface area contributed by atoms with Gasteiger partial charge in [-0.1, -0.05) is 65.9 Å². The molecule has 0 radical (unpaired) electrons. The zero-order valence-corrected chi connectivity index (χ0v) is 20.4. The number of benzene rings is 3. The molecule has 1 heterocycles. The van der Waals surface area contributed by atoms with E-state index in [1.165, 1.54) is 17.3 Å². The largest absolute Gasteiger partial charge is 0.486 e. The van der Waals surface area contributed by atoms with Crippen molar-refractivity contribution in [3.8, 4) is 11.4 Å². The highest BCUT2D eigenvalue weighted by Gasteiger charge is 2.22. The van der Waals surface area contributed by atoms with E-state index < -0.39 is 0 Å². The van der Waals surface area contributed by atoms with E-state index in [-0.39, 0.29) is 24.3 Å². The van der Waals surface area contributed by atoms with Crippen LogP contribution in [0.3, 0.4) is 0 Å². The lowest BCUT2D eigenvalue weighted by Crippen LogP contribution is -2.38. The van der Waals surface area contributed by atoms with Crippen molar-refractivity contribution in [1.29, 1.82) is 0 Å². The highest BCUT2D eigenvalue weighted by Crippen LogP contribution is 2.25. The zero-order valence-electron chi connectivity index (χ0n) is 19.6. The predicted octanol–water partition coefficient (Wildman–Crippen LogP) is 5.69. The van der Waals surface area contributed by atoms with Gasteiger partial charge in [-0.15, -0.1) is 10.2 Å². The predicted molar refractivity (Wildman–Crippen MR) is 137 cm³/mol. The lowest BCUT2D eigenvalue weighted by molar-refractivity contribution is -0.116. The molecule has 6 nitrogen and oxygen atoms in total. The van der Waals surface area contributed by atoms with E-state index in [9.17, 15) is 4.79 Å². The monoisotopic (exact) mass is 472 g/mol. The summed E-state index contributed by atoms with van der Waals surface area (Å²) in [5.41, 5.74) is 2.99. The van der Waals surface area contributed by atoms with Crippen molar-refractivity contribution in [2.24, 2.45) is 0 Å². The molecule has 7 heteroatoms. The molecule has 0 N–H and O–H groups in total. The molecule has 34 heavy (non-hydrogen) atoms. The summed E-state index contributed by atoms with van der Waals surface area (Å²) in [6.07, 6.45) is 0. The van der Waals surface area contributed by atoms with Crippen molar-refractivity contribution in [3.63, 3.8) is 0 Å². The molecule has 0 bridgehead atoms. The van der Waals surface area contributed by atoms with Crippen molar-refractivity contribution in [1.82, 2.24) is 14.8 Å². The van der Waals surface area contributed by atoms with E-state index in [1.54, 1.807) is 0 Å². The van der Waals surface area contributed by atoms with Crippen LogP contribution in [-0.4, -0.2) is 32.5 Å². The second-order valence-corrected chi connectivity index (χ2v) is 9.10. The van der Waals surface area contributed by atoms with Crippen LogP contribution in [0, 0.1) is 6.92 Å². The Bertz CT molecular complexity index is 1210. The second kappa shape index (κ2) is 11.0. The van der Waals surface area contributed by atoms with Gasteiger partial charge in [0, 0.05) is 17.4 Å². The van der Waals surface area contributed by atoms with E-state index in [0.29, 0.717) is 11.0 Å². The van der Waals surface area contributed by atoms with Gasteiger partial charge in [-0.25, -0.2) is 0 Å². The minimum absolute atomic E-state index is 0.0201. The summed E-state index contributed by atoms with van der Waals surface area (Å²) in [4.78, 5) is 15.0. The molecular formula is C27H28N4O2S. The SMILES string of the molecule is Cc1ccc(-n2c(COc3ccccc3)nnc2SCC(=O)N(c2ccccc2)C(C)C)cc1. The molecule has 0 atom stereocenters. The molecule has 0 saturated heterocycles. The molecule has 3 aromatic carbocycles. The Kier molecular flexibility index (Phi) is 7.65. The summed E-state index contributed by atoms with van der Waals surface area (Å²) in [5, 5.41) is 9.44. The van der Waals surface area contributed by atoms with Gasteiger partial charge in [-0.05, 0) is 57.2 Å². The molecule has 0 unspecified atom stereocenters. The van der Waals surface area contributed by atoms with Crippen LogP contribution in [0.25, 0.3) is 5.69 Å². The molecule has 0 aliphatic carbocycles. The molecule has 174 valence electrons. The van der Waals surface area contributed by atoms with Crippen LogP contribution in [0.1, 0.15) is 25.2 Å². The first-order valence-electron chi connectivity index (χ1n) is 11.2. The zero-order chi connectivity index (χ0) is 23.9. The molecule has 4 rings (SSSR count). The van der Waals surface area contributed by atoms with Gasteiger partial charge in [0.25, 0.3) is 0 Å². The van der Waals surface area contributed by atoms with Crippen LogP contribution in [0.5, 0.6) is 5.75 Å². The third-order valence-electron chi connectivity index (χ3n) is 5.25. The third kappa shape index (κ3) is 5.66. The number of ether oxygens (including phenoxy) is 1. The summed E-state index contributed by atoms with van der Waals surface area (Å²) in [5.74, 6) is 1.70. The summed E-state index contributed by atoms with van der Waals surface area (Å²) in [7, 11) is 0. The highest BCUT2D eigenvalue weighted by molar-refractivity contribution is 7.99. The van der Waals surface area contributed by atoms with Gasteiger partial charge >= 0.3 is 0 Å². The summed E-state index contributed by atoms with van der Waals surface area (Å²) in [6, 6.07) is 27.6. The fourth-order valence-corrected chi connectivity index (χ4v) is 4.45. The normalized spacial score (nSPS) is 10.9. The maximum Gasteiger partial charge on any atom is 0.237 e. The molecule has 1 aromatic heterocycles. The number of aromatic nitrogens is 3. The Morgan fingerprint density at radius 2 is 1.59 bits per heavy atom.